The molecule has 0 fully saturated rings. The fourth-order valence-corrected chi connectivity index (χ4v) is 1.51. The zero-order valence-corrected chi connectivity index (χ0v) is 12.4. The molecule has 0 atom stereocenters. The number of amides is 1. The van der Waals surface area contributed by atoms with Crippen LogP contribution in [0.4, 0.5) is 0 Å². The predicted octanol–water partition coefficient (Wildman–Crippen LogP) is 0.939. The van der Waals surface area contributed by atoms with E-state index in [0.717, 1.165) is 39.0 Å². The number of isocyanates is 1. The molecule has 0 aliphatic carbocycles. The Morgan fingerprint density at radius 1 is 0.870 bits per heavy atom. The Hall–Kier alpha value is -3.32. The average Bonchev–Trinajstić information content (AvgIpc) is 2.40. The van der Waals surface area contributed by atoms with E-state index in [1.54, 1.807) is 0 Å². The van der Waals surface area contributed by atoms with Gasteiger partial charge in [-0.25, -0.2) is 4.79 Å². The molecule has 1 aromatic carbocycles. The summed E-state index contributed by atoms with van der Waals surface area (Å²) in [5.41, 5.74) is -0.239. The first kappa shape index (κ1) is 17.7. The number of carbonyl (C=O) groups is 4. The Balaban J connectivity index is 3.57. The van der Waals surface area contributed by atoms with Crippen LogP contribution in [0.3, 0.4) is 0 Å². The van der Waals surface area contributed by atoms with Crippen molar-refractivity contribution in [2.75, 3.05) is 0 Å². The lowest BCUT2D eigenvalue weighted by atomic mass is 10.1. The van der Waals surface area contributed by atoms with Crippen molar-refractivity contribution in [1.82, 2.24) is 0 Å². The van der Waals surface area contributed by atoms with Crippen LogP contribution in [0.1, 0.15) is 31.1 Å². The van der Waals surface area contributed by atoms with Crippen molar-refractivity contribution in [3.05, 3.63) is 17.7 Å². The third-order valence-electron chi connectivity index (χ3n) is 2.17. The van der Waals surface area contributed by atoms with Gasteiger partial charge in [0.15, 0.2) is 11.5 Å². The van der Waals surface area contributed by atoms with Crippen molar-refractivity contribution in [2.45, 2.75) is 20.8 Å². The lowest BCUT2D eigenvalue weighted by molar-refractivity contribution is -0.135. The van der Waals surface area contributed by atoms with E-state index in [1.165, 1.54) is 0 Å². The second-order valence-corrected chi connectivity index (χ2v) is 4.09. The summed E-state index contributed by atoms with van der Waals surface area (Å²) in [6, 6.07) is 2.02. The maximum Gasteiger partial charge on any atom is 0.308 e. The summed E-state index contributed by atoms with van der Waals surface area (Å²) >= 11 is 0. The molecule has 0 radical (unpaired) electrons. The topological polar surface area (TPSA) is 125 Å². The lowest BCUT2D eigenvalue weighted by Crippen LogP contribution is -2.12. The number of esters is 3. The largest absolute Gasteiger partial charge is 0.423 e. The molecule has 0 spiro atoms. The normalized spacial score (nSPS) is 9.35. The summed E-state index contributed by atoms with van der Waals surface area (Å²) in [4.78, 5) is 58.2. The quantitative estimate of drug-likeness (QED) is 0.347. The van der Waals surface area contributed by atoms with Crippen LogP contribution in [0.15, 0.2) is 17.1 Å². The van der Waals surface area contributed by atoms with Crippen LogP contribution < -0.4 is 14.2 Å². The molecule has 0 saturated heterocycles. The Morgan fingerprint density at radius 3 is 1.65 bits per heavy atom. The summed E-state index contributed by atoms with van der Waals surface area (Å²) < 4.78 is 14.5. The number of hydrogen-bond donors (Lipinski definition) is 0. The molecule has 23 heavy (non-hydrogen) atoms. The molecule has 0 aliphatic heterocycles. The van der Waals surface area contributed by atoms with Gasteiger partial charge in [-0.05, 0) is 12.1 Å². The fraction of sp³-hybridized carbons (Fsp3) is 0.214. The Morgan fingerprint density at radius 2 is 1.30 bits per heavy atom. The maximum atomic E-state index is 11.6. The standard InChI is InChI=1S/C14H11NO8/c1-7(17)21-11-4-10(14(20)15-6-16)5-12(22-8(2)18)13(11)23-9(3)19/h4-5H,1-3H3. The molecule has 0 unspecified atom stereocenters. The lowest BCUT2D eigenvalue weighted by Gasteiger charge is -2.13. The average molecular weight is 321 g/mol. The van der Waals surface area contributed by atoms with Gasteiger partial charge < -0.3 is 14.2 Å². The van der Waals surface area contributed by atoms with Crippen molar-refractivity contribution < 1.29 is 38.2 Å². The van der Waals surface area contributed by atoms with E-state index in [4.69, 9.17) is 14.2 Å². The van der Waals surface area contributed by atoms with Crippen LogP contribution >= 0.6 is 0 Å². The first-order valence-corrected chi connectivity index (χ1v) is 6.10. The SMILES string of the molecule is CC(=O)Oc1cc(C(=O)N=C=O)cc(OC(C)=O)c1OC(C)=O. The minimum absolute atomic E-state index is 0.239. The van der Waals surface area contributed by atoms with E-state index >= 15 is 0 Å². The third-order valence-corrected chi connectivity index (χ3v) is 2.17. The fourth-order valence-electron chi connectivity index (χ4n) is 1.51. The number of rotatable bonds is 4. The Bertz CT molecular complexity index is 693. The highest BCUT2D eigenvalue weighted by Gasteiger charge is 2.22. The summed E-state index contributed by atoms with van der Waals surface area (Å²) in [5.74, 6) is -4.43. The van der Waals surface area contributed by atoms with E-state index < -0.39 is 23.8 Å². The van der Waals surface area contributed by atoms with Crippen molar-refractivity contribution in [1.29, 1.82) is 0 Å². The van der Waals surface area contributed by atoms with E-state index in [1.807, 2.05) is 0 Å². The molecule has 0 aromatic heterocycles. The van der Waals surface area contributed by atoms with Gasteiger partial charge in [0.1, 0.15) is 0 Å². The van der Waals surface area contributed by atoms with Crippen LogP contribution in [-0.4, -0.2) is 29.9 Å². The predicted molar refractivity (Wildman–Crippen MR) is 72.8 cm³/mol. The number of nitrogens with zero attached hydrogens (tertiary/aromatic N) is 1. The highest BCUT2D eigenvalue weighted by atomic mass is 16.6. The first-order valence-electron chi connectivity index (χ1n) is 6.10. The van der Waals surface area contributed by atoms with Gasteiger partial charge in [0.25, 0.3) is 5.91 Å². The molecule has 1 rings (SSSR count). The monoisotopic (exact) mass is 321 g/mol. The van der Waals surface area contributed by atoms with E-state index in [2.05, 4.69) is 4.99 Å². The molecule has 0 N–H and O–H groups in total. The zero-order valence-electron chi connectivity index (χ0n) is 12.4. The molecule has 1 aromatic rings. The molecule has 0 heterocycles. The third kappa shape index (κ3) is 5.18. The van der Waals surface area contributed by atoms with Crippen molar-refractivity contribution in [3.63, 3.8) is 0 Å². The molecule has 9 nitrogen and oxygen atoms in total. The summed E-state index contributed by atoms with van der Waals surface area (Å²) in [5, 5.41) is 0. The van der Waals surface area contributed by atoms with Gasteiger partial charge in [-0.2, -0.15) is 0 Å². The minimum atomic E-state index is -1.02. The highest BCUT2D eigenvalue weighted by molar-refractivity contribution is 5.99. The summed E-state index contributed by atoms with van der Waals surface area (Å²) in [7, 11) is 0. The second kappa shape index (κ2) is 7.62. The van der Waals surface area contributed by atoms with Crippen LogP contribution in [0.5, 0.6) is 17.2 Å². The molecule has 1 amide bonds. The van der Waals surface area contributed by atoms with E-state index in [-0.39, 0.29) is 22.8 Å². The van der Waals surface area contributed by atoms with Crippen LogP contribution in [0.2, 0.25) is 0 Å². The van der Waals surface area contributed by atoms with Gasteiger partial charge in [-0.3, -0.25) is 19.2 Å². The summed E-state index contributed by atoms with van der Waals surface area (Å²) in [6.45, 7) is 3.22. The smallest absolute Gasteiger partial charge is 0.308 e. The number of ether oxygens (including phenoxy) is 3. The minimum Gasteiger partial charge on any atom is -0.423 e. The van der Waals surface area contributed by atoms with Gasteiger partial charge >= 0.3 is 17.9 Å². The van der Waals surface area contributed by atoms with Crippen LogP contribution in [0, 0.1) is 0 Å². The van der Waals surface area contributed by atoms with Gasteiger partial charge in [0, 0.05) is 20.8 Å². The van der Waals surface area contributed by atoms with Crippen molar-refractivity contribution in [3.8, 4) is 17.2 Å². The maximum absolute atomic E-state index is 11.6. The highest BCUT2D eigenvalue weighted by Crippen LogP contribution is 2.39. The van der Waals surface area contributed by atoms with Gasteiger partial charge in [0.05, 0.1) is 5.56 Å². The molecular formula is C14H11NO8. The van der Waals surface area contributed by atoms with Gasteiger partial charge in [-0.1, -0.05) is 0 Å². The molecule has 0 aliphatic rings. The second-order valence-electron chi connectivity index (χ2n) is 4.09. The molecule has 9 heteroatoms. The molecule has 0 bridgehead atoms. The number of carbonyl (C=O) groups excluding carboxylic acids is 5. The zero-order chi connectivity index (χ0) is 17.6. The Kier molecular flexibility index (Phi) is 5.88. The Labute approximate surface area is 129 Å². The van der Waals surface area contributed by atoms with Gasteiger partial charge in [-0.15, -0.1) is 4.99 Å². The van der Waals surface area contributed by atoms with Crippen LogP contribution in [-0.2, 0) is 19.2 Å². The van der Waals surface area contributed by atoms with Gasteiger partial charge in [0.2, 0.25) is 11.8 Å². The first-order chi connectivity index (χ1) is 10.7. The van der Waals surface area contributed by atoms with E-state index in [9.17, 15) is 24.0 Å². The van der Waals surface area contributed by atoms with E-state index in [0.29, 0.717) is 0 Å². The number of aliphatic imine (C=N–C) groups is 1. The molecule has 0 saturated carbocycles. The number of hydrogen-bond acceptors (Lipinski definition) is 8. The molecular weight excluding hydrogens is 310 g/mol. The van der Waals surface area contributed by atoms with Crippen LogP contribution in [0.25, 0.3) is 0 Å². The van der Waals surface area contributed by atoms with Crippen molar-refractivity contribution >= 4 is 29.9 Å². The summed E-state index contributed by atoms with van der Waals surface area (Å²) in [6.07, 6.45) is 1.06. The molecule has 120 valence electrons. The van der Waals surface area contributed by atoms with Crippen molar-refractivity contribution in [2.24, 2.45) is 4.99 Å². The number of benzene rings is 1.